The summed E-state index contributed by atoms with van der Waals surface area (Å²) in [6.07, 6.45) is 5.99. The number of anilines is 1. The predicted molar refractivity (Wildman–Crippen MR) is 121 cm³/mol. The summed E-state index contributed by atoms with van der Waals surface area (Å²) in [4.78, 5) is 20.6. The summed E-state index contributed by atoms with van der Waals surface area (Å²) in [6.45, 7) is 7.38. The molecule has 0 aliphatic heterocycles. The van der Waals surface area contributed by atoms with Crippen molar-refractivity contribution in [2.24, 2.45) is 0 Å². The molecule has 1 aromatic carbocycles. The van der Waals surface area contributed by atoms with Gasteiger partial charge in [0, 0.05) is 25.0 Å². The average molecular weight is 420 g/mol. The zero-order valence-corrected chi connectivity index (χ0v) is 18.3. The molecule has 31 heavy (non-hydrogen) atoms. The Morgan fingerprint density at radius 2 is 1.71 bits per heavy atom. The summed E-state index contributed by atoms with van der Waals surface area (Å²) in [6, 6.07) is 15.4. The lowest BCUT2D eigenvalue weighted by atomic mass is 9.87. The molecular weight excluding hydrogens is 390 g/mol. The van der Waals surface area contributed by atoms with Gasteiger partial charge in [0.1, 0.15) is 12.4 Å². The van der Waals surface area contributed by atoms with Crippen molar-refractivity contribution in [1.82, 2.24) is 9.97 Å². The van der Waals surface area contributed by atoms with Gasteiger partial charge in [0.15, 0.2) is 11.6 Å². The van der Waals surface area contributed by atoms with Crippen LogP contribution >= 0.6 is 0 Å². The van der Waals surface area contributed by atoms with E-state index in [0.717, 1.165) is 11.3 Å². The minimum atomic E-state index is -0.126. The molecule has 3 rings (SSSR count). The van der Waals surface area contributed by atoms with Crippen LogP contribution in [-0.4, -0.2) is 22.5 Å². The van der Waals surface area contributed by atoms with Crippen molar-refractivity contribution in [1.29, 1.82) is 0 Å². The summed E-state index contributed by atoms with van der Waals surface area (Å²) in [5, 5.41) is 2.83. The third-order valence-corrected chi connectivity index (χ3v) is 4.71. The Hall–Kier alpha value is -3.41. The smallest absolute Gasteiger partial charge is 0.225 e. The molecule has 0 spiro atoms. The molecule has 0 atom stereocenters. The molecule has 0 radical (unpaired) electrons. The molecule has 0 aliphatic rings. The number of nitrogens with zero attached hydrogens (tertiary/aromatic N) is 2. The van der Waals surface area contributed by atoms with Gasteiger partial charge in [-0.25, -0.2) is 4.98 Å². The number of benzene rings is 1. The molecule has 0 unspecified atom stereocenters. The molecule has 0 aliphatic carbocycles. The Morgan fingerprint density at radius 1 is 0.968 bits per heavy atom. The predicted octanol–water partition coefficient (Wildman–Crippen LogP) is 5.15. The topological polar surface area (TPSA) is 73.3 Å². The number of aromatic nitrogens is 2. The third-order valence-electron chi connectivity index (χ3n) is 4.71. The number of hydrogen-bond acceptors (Lipinski definition) is 5. The summed E-state index contributed by atoms with van der Waals surface area (Å²) < 4.78 is 11.6. The van der Waals surface area contributed by atoms with E-state index in [1.807, 2.05) is 24.3 Å². The van der Waals surface area contributed by atoms with E-state index in [1.165, 1.54) is 5.56 Å². The van der Waals surface area contributed by atoms with E-state index in [-0.39, 0.29) is 11.3 Å². The SMILES string of the molecule is CC(C)(C)c1ccc(OCCCC(=O)Nc2ncccc2OCc2ccncc2)cc1. The van der Waals surface area contributed by atoms with Crippen LogP contribution in [0.5, 0.6) is 11.5 Å². The number of ether oxygens (including phenoxy) is 2. The Morgan fingerprint density at radius 3 is 2.42 bits per heavy atom. The first-order valence-electron chi connectivity index (χ1n) is 10.4. The van der Waals surface area contributed by atoms with E-state index in [9.17, 15) is 4.79 Å². The van der Waals surface area contributed by atoms with E-state index in [1.54, 1.807) is 30.7 Å². The highest BCUT2D eigenvalue weighted by Gasteiger charge is 2.13. The molecule has 162 valence electrons. The summed E-state index contributed by atoms with van der Waals surface area (Å²) in [5.41, 5.74) is 2.36. The van der Waals surface area contributed by atoms with E-state index in [2.05, 4.69) is 48.2 Å². The van der Waals surface area contributed by atoms with Crippen LogP contribution in [0.2, 0.25) is 0 Å². The maximum Gasteiger partial charge on any atom is 0.225 e. The molecule has 2 aromatic heterocycles. The third kappa shape index (κ3) is 7.10. The van der Waals surface area contributed by atoms with Crippen LogP contribution < -0.4 is 14.8 Å². The quantitative estimate of drug-likeness (QED) is 0.486. The standard InChI is InChI=1S/C25H29N3O3/c1-25(2,3)20-8-10-21(11-9-20)30-17-5-7-23(29)28-24-22(6-4-14-27-24)31-18-19-12-15-26-16-13-19/h4,6,8-16H,5,7,17-18H2,1-3H3,(H,27,28,29). The number of amides is 1. The van der Waals surface area contributed by atoms with E-state index in [0.29, 0.717) is 37.6 Å². The van der Waals surface area contributed by atoms with E-state index >= 15 is 0 Å². The van der Waals surface area contributed by atoms with Crippen LogP contribution in [0.25, 0.3) is 0 Å². The molecule has 0 fully saturated rings. The van der Waals surface area contributed by atoms with Crippen molar-refractivity contribution in [2.75, 3.05) is 11.9 Å². The van der Waals surface area contributed by atoms with Gasteiger partial charge in [-0.15, -0.1) is 0 Å². The highest BCUT2D eigenvalue weighted by molar-refractivity contribution is 5.91. The molecule has 0 bridgehead atoms. The second-order valence-corrected chi connectivity index (χ2v) is 8.27. The minimum absolute atomic E-state index is 0.114. The van der Waals surface area contributed by atoms with Crippen LogP contribution in [0, 0.1) is 0 Å². The number of hydrogen-bond donors (Lipinski definition) is 1. The number of pyridine rings is 2. The highest BCUT2D eigenvalue weighted by Crippen LogP contribution is 2.25. The van der Waals surface area contributed by atoms with Gasteiger partial charge >= 0.3 is 0 Å². The van der Waals surface area contributed by atoms with Gasteiger partial charge in [0.2, 0.25) is 5.91 Å². The van der Waals surface area contributed by atoms with Gasteiger partial charge in [-0.1, -0.05) is 32.9 Å². The normalized spacial score (nSPS) is 11.1. The average Bonchev–Trinajstić information content (AvgIpc) is 2.76. The van der Waals surface area contributed by atoms with E-state index < -0.39 is 0 Å². The molecule has 6 nitrogen and oxygen atoms in total. The van der Waals surface area contributed by atoms with Gasteiger partial charge < -0.3 is 14.8 Å². The highest BCUT2D eigenvalue weighted by atomic mass is 16.5. The van der Waals surface area contributed by atoms with Crippen molar-refractivity contribution >= 4 is 11.7 Å². The minimum Gasteiger partial charge on any atom is -0.494 e. The van der Waals surface area contributed by atoms with Gasteiger partial charge in [-0.05, 0) is 59.4 Å². The van der Waals surface area contributed by atoms with Crippen LogP contribution in [0.4, 0.5) is 5.82 Å². The lowest BCUT2D eigenvalue weighted by Crippen LogP contribution is -2.15. The summed E-state index contributed by atoms with van der Waals surface area (Å²) >= 11 is 0. The molecule has 3 aromatic rings. The van der Waals surface area contributed by atoms with Gasteiger partial charge in [0.25, 0.3) is 0 Å². The van der Waals surface area contributed by atoms with Crippen LogP contribution in [0.1, 0.15) is 44.7 Å². The van der Waals surface area contributed by atoms with Crippen LogP contribution in [-0.2, 0) is 16.8 Å². The first kappa shape index (κ1) is 22.3. The number of carbonyl (C=O) groups excluding carboxylic acids is 1. The molecular formula is C25H29N3O3. The second-order valence-electron chi connectivity index (χ2n) is 8.27. The van der Waals surface area contributed by atoms with Crippen molar-refractivity contribution in [3.05, 3.63) is 78.2 Å². The molecule has 1 N–H and O–H groups in total. The molecule has 6 heteroatoms. The lowest BCUT2D eigenvalue weighted by molar-refractivity contribution is -0.116. The van der Waals surface area contributed by atoms with Crippen molar-refractivity contribution in [3.8, 4) is 11.5 Å². The van der Waals surface area contributed by atoms with Gasteiger partial charge in [-0.3, -0.25) is 9.78 Å². The van der Waals surface area contributed by atoms with Crippen molar-refractivity contribution in [2.45, 2.75) is 45.6 Å². The summed E-state index contributed by atoms with van der Waals surface area (Å²) in [7, 11) is 0. The van der Waals surface area contributed by atoms with E-state index in [4.69, 9.17) is 9.47 Å². The summed E-state index contributed by atoms with van der Waals surface area (Å²) in [5.74, 6) is 1.63. The lowest BCUT2D eigenvalue weighted by Gasteiger charge is -2.19. The van der Waals surface area contributed by atoms with Gasteiger partial charge in [-0.2, -0.15) is 0 Å². The van der Waals surface area contributed by atoms with Gasteiger partial charge in [0.05, 0.1) is 6.61 Å². The molecule has 1 amide bonds. The Bertz CT molecular complexity index is 967. The second kappa shape index (κ2) is 10.6. The zero-order chi connectivity index (χ0) is 22.1. The number of rotatable bonds is 9. The fourth-order valence-electron chi connectivity index (χ4n) is 2.91. The maximum absolute atomic E-state index is 12.3. The Kier molecular flexibility index (Phi) is 7.60. The zero-order valence-electron chi connectivity index (χ0n) is 18.3. The number of nitrogens with one attached hydrogen (secondary N) is 1. The van der Waals surface area contributed by atoms with Crippen molar-refractivity contribution < 1.29 is 14.3 Å². The molecule has 0 saturated heterocycles. The number of carbonyl (C=O) groups is 1. The Balaban J connectivity index is 1.43. The van der Waals surface area contributed by atoms with Crippen LogP contribution in [0.3, 0.4) is 0 Å². The Labute approximate surface area is 183 Å². The first-order chi connectivity index (χ1) is 14.9. The van der Waals surface area contributed by atoms with Crippen LogP contribution in [0.15, 0.2) is 67.1 Å². The fraction of sp³-hybridized carbons (Fsp3) is 0.320. The maximum atomic E-state index is 12.3. The van der Waals surface area contributed by atoms with Crippen molar-refractivity contribution in [3.63, 3.8) is 0 Å². The molecule has 2 heterocycles. The molecule has 0 saturated carbocycles. The first-order valence-corrected chi connectivity index (χ1v) is 10.4. The fourth-order valence-corrected chi connectivity index (χ4v) is 2.91. The largest absolute Gasteiger partial charge is 0.494 e. The monoisotopic (exact) mass is 419 g/mol.